The highest BCUT2D eigenvalue weighted by Crippen LogP contribution is 2.42. The molecule has 0 saturated heterocycles. The van der Waals surface area contributed by atoms with Crippen molar-refractivity contribution in [3.8, 4) is 28.3 Å². The van der Waals surface area contributed by atoms with Gasteiger partial charge in [-0.25, -0.2) is 9.67 Å². The van der Waals surface area contributed by atoms with E-state index in [9.17, 15) is 9.59 Å². The fourth-order valence-corrected chi connectivity index (χ4v) is 5.23. The highest BCUT2D eigenvalue weighted by atomic mass is 35.5. The summed E-state index contributed by atoms with van der Waals surface area (Å²) in [7, 11) is 4.82. The minimum atomic E-state index is -0.415. The number of nitrogens with zero attached hydrogens (tertiary/aromatic N) is 7. The van der Waals surface area contributed by atoms with Gasteiger partial charge in [0.1, 0.15) is 11.4 Å². The summed E-state index contributed by atoms with van der Waals surface area (Å²) in [6, 6.07) is 8.66. The van der Waals surface area contributed by atoms with Gasteiger partial charge in [0.2, 0.25) is 11.9 Å². The Morgan fingerprint density at radius 2 is 1.93 bits per heavy atom. The number of hydrogen-bond donors (Lipinski definition) is 2. The van der Waals surface area contributed by atoms with Crippen LogP contribution in [0, 0.1) is 0 Å². The number of methoxy groups -OCH3 is 1. The van der Waals surface area contributed by atoms with Crippen LogP contribution in [0.2, 0.25) is 10.0 Å². The number of aryl methyl sites for hydroxylation is 3. The highest BCUT2D eigenvalue weighted by molar-refractivity contribution is 6.40. The van der Waals surface area contributed by atoms with Gasteiger partial charge in [0.05, 0.1) is 34.1 Å². The van der Waals surface area contributed by atoms with Crippen LogP contribution in [0.1, 0.15) is 12.5 Å². The summed E-state index contributed by atoms with van der Waals surface area (Å²) in [6.07, 6.45) is 3.36. The number of halogens is 2. The topological polar surface area (TPSA) is 142 Å². The predicted octanol–water partition coefficient (Wildman–Crippen LogP) is 4.93. The van der Waals surface area contributed by atoms with Gasteiger partial charge in [-0.05, 0) is 58.8 Å². The van der Waals surface area contributed by atoms with E-state index in [0.717, 1.165) is 11.6 Å². The SMILES string of the molecule is C=CC(=O)Nc1cc(-c2nnnn2C)ccc1Nc1ncc2cc(-c3c(Cl)c(CC)cc(OC)c3Cl)c(=O)n(C)c2n1. The molecule has 0 radical (unpaired) electrons. The molecule has 0 aliphatic carbocycles. The van der Waals surface area contributed by atoms with Gasteiger partial charge < -0.3 is 15.4 Å². The second-order valence-corrected chi connectivity index (χ2v) is 9.95. The van der Waals surface area contributed by atoms with Crippen LogP contribution in [0.25, 0.3) is 33.5 Å². The van der Waals surface area contributed by atoms with Crippen molar-refractivity contribution < 1.29 is 9.53 Å². The van der Waals surface area contributed by atoms with Crippen LogP contribution >= 0.6 is 23.2 Å². The third-order valence-electron chi connectivity index (χ3n) is 6.65. The number of pyridine rings is 1. The van der Waals surface area contributed by atoms with Crippen LogP contribution < -0.4 is 20.9 Å². The quantitative estimate of drug-likeness (QED) is 0.235. The van der Waals surface area contributed by atoms with Crippen molar-refractivity contribution in [2.45, 2.75) is 13.3 Å². The second-order valence-electron chi connectivity index (χ2n) is 9.19. The van der Waals surface area contributed by atoms with Gasteiger partial charge in [0, 0.05) is 36.8 Å². The highest BCUT2D eigenvalue weighted by Gasteiger charge is 2.22. The molecule has 0 atom stereocenters. The Labute approximate surface area is 250 Å². The lowest BCUT2D eigenvalue weighted by Gasteiger charge is -2.16. The maximum Gasteiger partial charge on any atom is 0.259 e. The number of nitrogens with one attached hydrogen (secondary N) is 2. The van der Waals surface area contributed by atoms with Crippen molar-refractivity contribution in [2.24, 2.45) is 14.1 Å². The lowest BCUT2D eigenvalue weighted by molar-refractivity contribution is -0.111. The first-order chi connectivity index (χ1) is 20.2. The first kappa shape index (κ1) is 28.7. The van der Waals surface area contributed by atoms with Crippen LogP contribution in [-0.4, -0.2) is 47.8 Å². The number of anilines is 3. The molecule has 1 amide bonds. The molecule has 0 aliphatic rings. The summed E-state index contributed by atoms with van der Waals surface area (Å²) >= 11 is 13.3. The molecule has 12 nitrogen and oxygen atoms in total. The molecule has 5 aromatic rings. The lowest BCUT2D eigenvalue weighted by atomic mass is 10.0. The normalized spacial score (nSPS) is 11.0. The van der Waals surface area contributed by atoms with E-state index in [1.807, 2.05) is 6.92 Å². The summed E-state index contributed by atoms with van der Waals surface area (Å²) in [4.78, 5) is 34.8. The Kier molecular flexibility index (Phi) is 7.92. The fraction of sp³-hybridized carbons (Fsp3) is 0.179. The van der Waals surface area contributed by atoms with E-state index in [1.165, 1.54) is 16.4 Å². The molecule has 0 bridgehead atoms. The zero-order chi connectivity index (χ0) is 30.1. The van der Waals surface area contributed by atoms with Gasteiger partial charge in [0.25, 0.3) is 5.56 Å². The molecule has 5 rings (SSSR count). The van der Waals surface area contributed by atoms with Gasteiger partial charge >= 0.3 is 0 Å². The average Bonchev–Trinajstić information content (AvgIpc) is 3.42. The van der Waals surface area contributed by atoms with Crippen LogP contribution in [-0.2, 0) is 25.3 Å². The van der Waals surface area contributed by atoms with Gasteiger partial charge in [-0.15, -0.1) is 5.10 Å². The van der Waals surface area contributed by atoms with Crippen LogP contribution in [0.5, 0.6) is 5.75 Å². The van der Waals surface area contributed by atoms with E-state index >= 15 is 0 Å². The number of carbonyl (C=O) groups is 1. The van der Waals surface area contributed by atoms with Crippen LogP contribution in [0.15, 0.2) is 54.0 Å². The minimum absolute atomic E-state index is 0.193. The largest absolute Gasteiger partial charge is 0.495 e. The van der Waals surface area contributed by atoms with Crippen molar-refractivity contribution in [1.29, 1.82) is 0 Å². The molecule has 214 valence electrons. The van der Waals surface area contributed by atoms with Crippen molar-refractivity contribution in [3.63, 3.8) is 0 Å². The molecule has 0 unspecified atom stereocenters. The predicted molar refractivity (Wildman–Crippen MR) is 163 cm³/mol. The number of hydrogen-bond acceptors (Lipinski definition) is 9. The fourth-order valence-electron chi connectivity index (χ4n) is 4.47. The van der Waals surface area contributed by atoms with Gasteiger partial charge in [0.15, 0.2) is 5.82 Å². The molecule has 0 aliphatic heterocycles. The van der Waals surface area contributed by atoms with Crippen LogP contribution in [0.4, 0.5) is 17.3 Å². The molecule has 0 saturated carbocycles. The number of carbonyl (C=O) groups excluding carboxylic acids is 1. The van der Waals surface area contributed by atoms with E-state index in [4.69, 9.17) is 27.9 Å². The Morgan fingerprint density at radius 3 is 2.60 bits per heavy atom. The van der Waals surface area contributed by atoms with Gasteiger partial charge in [-0.3, -0.25) is 14.2 Å². The monoisotopic (exact) mass is 605 g/mol. The lowest BCUT2D eigenvalue weighted by Crippen LogP contribution is -2.20. The minimum Gasteiger partial charge on any atom is -0.495 e. The molecule has 3 aromatic heterocycles. The summed E-state index contributed by atoms with van der Waals surface area (Å²) in [5.74, 6) is 0.706. The third-order valence-corrected chi connectivity index (χ3v) is 7.46. The number of ether oxygens (including phenoxy) is 1. The Morgan fingerprint density at radius 1 is 1.14 bits per heavy atom. The summed E-state index contributed by atoms with van der Waals surface area (Å²) in [5, 5.41) is 18.6. The van der Waals surface area contributed by atoms with Crippen molar-refractivity contribution in [2.75, 3.05) is 17.7 Å². The molecule has 3 heterocycles. The molecule has 2 aromatic carbocycles. The van der Waals surface area contributed by atoms with Gasteiger partial charge in [-0.2, -0.15) is 4.98 Å². The molecular formula is C28H25Cl2N9O3. The standard InChI is InChI=1S/C28H25Cl2N9O3/c1-6-14-12-20(42-5)24(30)22(23(14)29)17-10-16-13-31-28(34-25(16)38(3)27(17)41)33-18-9-8-15(26-35-36-37-39(26)4)11-19(18)32-21(40)7-2/h7-13H,2,6H2,1,3-5H3,(H,32,40)(H,31,33,34). The first-order valence-electron chi connectivity index (χ1n) is 12.7. The van der Waals surface area contributed by atoms with Crippen molar-refractivity contribution in [3.05, 3.63) is 75.1 Å². The van der Waals surface area contributed by atoms with E-state index in [0.29, 0.717) is 62.1 Å². The number of fused-ring (bicyclic) bond motifs is 1. The zero-order valence-electron chi connectivity index (χ0n) is 23.1. The molecule has 2 N–H and O–H groups in total. The average molecular weight is 606 g/mol. The molecule has 14 heteroatoms. The Bertz CT molecular complexity index is 1910. The zero-order valence-corrected chi connectivity index (χ0v) is 24.6. The summed E-state index contributed by atoms with van der Waals surface area (Å²) in [5.41, 5.74) is 3.07. The maximum absolute atomic E-state index is 13.6. The Hall–Kier alpha value is -4.81. The number of benzene rings is 2. The Balaban J connectivity index is 1.58. The van der Waals surface area contributed by atoms with E-state index in [-0.39, 0.29) is 16.5 Å². The van der Waals surface area contributed by atoms with E-state index in [2.05, 4.69) is 42.7 Å². The number of amides is 1. The third kappa shape index (κ3) is 5.17. The molecular weight excluding hydrogens is 581 g/mol. The summed E-state index contributed by atoms with van der Waals surface area (Å²) < 4.78 is 8.35. The van der Waals surface area contributed by atoms with Crippen molar-refractivity contribution >= 4 is 57.5 Å². The first-order valence-corrected chi connectivity index (χ1v) is 13.4. The molecule has 0 spiro atoms. The van der Waals surface area contributed by atoms with Crippen molar-refractivity contribution in [1.82, 2.24) is 34.7 Å². The van der Waals surface area contributed by atoms with Gasteiger partial charge in [-0.1, -0.05) is 36.7 Å². The number of aromatic nitrogens is 7. The second kappa shape index (κ2) is 11.6. The van der Waals surface area contributed by atoms with Crippen LogP contribution in [0.3, 0.4) is 0 Å². The maximum atomic E-state index is 13.6. The van der Waals surface area contributed by atoms with E-state index in [1.54, 1.807) is 50.6 Å². The summed E-state index contributed by atoms with van der Waals surface area (Å²) in [6.45, 7) is 5.47. The smallest absolute Gasteiger partial charge is 0.259 e. The number of rotatable bonds is 8. The molecule has 42 heavy (non-hydrogen) atoms. The number of tetrazole rings is 1. The van der Waals surface area contributed by atoms with E-state index < -0.39 is 5.91 Å². The molecule has 0 fully saturated rings.